The van der Waals surface area contributed by atoms with Crippen LogP contribution in [0.15, 0.2) is 42.5 Å². The number of aryl methyl sites for hydroxylation is 2. The maximum atomic E-state index is 9.91. The van der Waals surface area contributed by atoms with Crippen LogP contribution in [-0.4, -0.2) is 11.7 Å². The molecular formula is C17H19NO. The van der Waals surface area contributed by atoms with Crippen LogP contribution in [0.5, 0.6) is 5.75 Å². The number of para-hydroxylation sites is 1. The Hall–Kier alpha value is -1.96. The minimum absolute atomic E-state index is 0.390. The summed E-state index contributed by atoms with van der Waals surface area (Å²) in [7, 11) is 0. The van der Waals surface area contributed by atoms with E-state index in [1.165, 1.54) is 23.2 Å². The third kappa shape index (κ3) is 2.43. The Morgan fingerprint density at radius 3 is 2.84 bits per heavy atom. The number of nitrogens with zero attached hydrogens (tertiary/aromatic N) is 1. The summed E-state index contributed by atoms with van der Waals surface area (Å²) in [5, 5.41) is 9.91. The lowest BCUT2D eigenvalue weighted by Gasteiger charge is -2.31. The van der Waals surface area contributed by atoms with Crippen LogP contribution in [0.3, 0.4) is 0 Å². The maximum absolute atomic E-state index is 9.91. The van der Waals surface area contributed by atoms with Crippen molar-refractivity contribution < 1.29 is 5.11 Å². The molecule has 0 bridgehead atoms. The summed E-state index contributed by atoms with van der Waals surface area (Å²) in [4.78, 5) is 2.37. The number of hydrogen-bond donors (Lipinski definition) is 1. The van der Waals surface area contributed by atoms with E-state index in [1.807, 2.05) is 18.2 Å². The van der Waals surface area contributed by atoms with Crippen LogP contribution in [0.4, 0.5) is 5.69 Å². The van der Waals surface area contributed by atoms with Gasteiger partial charge in [0.1, 0.15) is 5.75 Å². The van der Waals surface area contributed by atoms with Crippen LogP contribution >= 0.6 is 0 Å². The number of fused-ring (bicyclic) bond motifs is 1. The molecule has 2 aromatic carbocycles. The van der Waals surface area contributed by atoms with Crippen LogP contribution in [-0.2, 0) is 13.0 Å². The molecule has 1 heterocycles. The second-order valence-electron chi connectivity index (χ2n) is 5.29. The van der Waals surface area contributed by atoms with Crippen LogP contribution < -0.4 is 4.90 Å². The zero-order valence-electron chi connectivity index (χ0n) is 11.3. The number of benzene rings is 2. The molecule has 0 fully saturated rings. The molecule has 0 aromatic heterocycles. The zero-order valence-corrected chi connectivity index (χ0v) is 11.3. The largest absolute Gasteiger partial charge is 0.508 e. The van der Waals surface area contributed by atoms with E-state index in [9.17, 15) is 5.11 Å². The minimum Gasteiger partial charge on any atom is -0.508 e. The van der Waals surface area contributed by atoms with Gasteiger partial charge in [-0.1, -0.05) is 35.9 Å². The van der Waals surface area contributed by atoms with E-state index in [-0.39, 0.29) is 0 Å². The zero-order chi connectivity index (χ0) is 13.2. The molecule has 0 spiro atoms. The van der Waals surface area contributed by atoms with Crippen molar-refractivity contribution in [3.63, 3.8) is 0 Å². The fourth-order valence-corrected chi connectivity index (χ4v) is 2.82. The number of phenolic OH excluding ortho intramolecular Hbond substituents is 1. The van der Waals surface area contributed by atoms with E-state index in [0.717, 1.165) is 25.1 Å². The normalized spacial score (nSPS) is 14.3. The smallest absolute Gasteiger partial charge is 0.120 e. The van der Waals surface area contributed by atoms with E-state index in [2.05, 4.69) is 30.0 Å². The Kier molecular flexibility index (Phi) is 3.16. The van der Waals surface area contributed by atoms with Crippen molar-refractivity contribution in [2.75, 3.05) is 11.4 Å². The van der Waals surface area contributed by atoms with Gasteiger partial charge in [-0.3, -0.25) is 0 Å². The molecule has 2 heteroatoms. The van der Waals surface area contributed by atoms with Gasteiger partial charge in [-0.05, 0) is 37.5 Å². The van der Waals surface area contributed by atoms with Crippen molar-refractivity contribution in [1.82, 2.24) is 0 Å². The van der Waals surface area contributed by atoms with Crippen molar-refractivity contribution in [3.8, 4) is 5.75 Å². The highest BCUT2D eigenvalue weighted by atomic mass is 16.3. The monoisotopic (exact) mass is 253 g/mol. The van der Waals surface area contributed by atoms with Crippen molar-refractivity contribution in [3.05, 3.63) is 59.2 Å². The highest BCUT2D eigenvalue weighted by Gasteiger charge is 2.17. The van der Waals surface area contributed by atoms with Gasteiger partial charge in [-0.2, -0.15) is 0 Å². The number of hydrogen-bond acceptors (Lipinski definition) is 2. The second-order valence-corrected chi connectivity index (χ2v) is 5.29. The fraction of sp³-hybridized carbons (Fsp3) is 0.294. The Morgan fingerprint density at radius 2 is 2.00 bits per heavy atom. The van der Waals surface area contributed by atoms with E-state index < -0.39 is 0 Å². The van der Waals surface area contributed by atoms with Gasteiger partial charge >= 0.3 is 0 Å². The number of anilines is 1. The molecular weight excluding hydrogens is 234 g/mol. The molecule has 0 saturated carbocycles. The van der Waals surface area contributed by atoms with Crippen LogP contribution in [0.1, 0.15) is 23.1 Å². The molecule has 0 saturated heterocycles. The Morgan fingerprint density at radius 1 is 1.16 bits per heavy atom. The first kappa shape index (κ1) is 12.1. The standard InChI is InChI=1S/C17H19NO/c1-13-8-9-16-14(11-13)6-4-10-18(16)12-15-5-2-3-7-17(15)19/h2-3,5,7-9,11,19H,4,6,10,12H2,1H3. The fourth-order valence-electron chi connectivity index (χ4n) is 2.82. The molecule has 98 valence electrons. The van der Waals surface area contributed by atoms with Crippen LogP contribution in [0.25, 0.3) is 0 Å². The lowest BCUT2D eigenvalue weighted by molar-refractivity contribution is 0.466. The number of rotatable bonds is 2. The highest BCUT2D eigenvalue weighted by molar-refractivity contribution is 5.57. The van der Waals surface area contributed by atoms with Gasteiger partial charge < -0.3 is 10.0 Å². The van der Waals surface area contributed by atoms with Crippen molar-refractivity contribution in [2.24, 2.45) is 0 Å². The molecule has 2 nitrogen and oxygen atoms in total. The molecule has 0 radical (unpaired) electrons. The van der Waals surface area contributed by atoms with Crippen molar-refractivity contribution in [2.45, 2.75) is 26.3 Å². The van der Waals surface area contributed by atoms with E-state index >= 15 is 0 Å². The van der Waals surface area contributed by atoms with Gasteiger partial charge in [0.15, 0.2) is 0 Å². The number of phenols is 1. The Balaban J connectivity index is 1.90. The van der Waals surface area contributed by atoms with E-state index in [0.29, 0.717) is 5.75 Å². The molecule has 3 rings (SSSR count). The first-order valence-electron chi connectivity index (χ1n) is 6.85. The lowest BCUT2D eigenvalue weighted by Crippen LogP contribution is -2.28. The summed E-state index contributed by atoms with van der Waals surface area (Å²) in [6, 6.07) is 14.3. The summed E-state index contributed by atoms with van der Waals surface area (Å²) in [6.07, 6.45) is 2.35. The van der Waals surface area contributed by atoms with Crippen LogP contribution in [0.2, 0.25) is 0 Å². The first-order valence-corrected chi connectivity index (χ1v) is 6.85. The van der Waals surface area contributed by atoms with Gasteiger partial charge in [0, 0.05) is 24.3 Å². The van der Waals surface area contributed by atoms with Gasteiger partial charge in [0.25, 0.3) is 0 Å². The summed E-state index contributed by atoms with van der Waals surface area (Å²) in [6.45, 7) is 3.98. The Labute approximate surface area is 114 Å². The van der Waals surface area contributed by atoms with Gasteiger partial charge in [-0.15, -0.1) is 0 Å². The molecule has 2 aromatic rings. The summed E-state index contributed by atoms with van der Waals surface area (Å²) in [5.74, 6) is 0.390. The average Bonchev–Trinajstić information content (AvgIpc) is 2.41. The Bertz CT molecular complexity index is 592. The van der Waals surface area contributed by atoms with Gasteiger partial charge in [0.2, 0.25) is 0 Å². The number of aromatic hydroxyl groups is 1. The molecule has 1 aliphatic heterocycles. The third-order valence-corrected chi connectivity index (χ3v) is 3.80. The topological polar surface area (TPSA) is 23.5 Å². The van der Waals surface area contributed by atoms with Crippen molar-refractivity contribution >= 4 is 5.69 Å². The predicted octanol–water partition coefficient (Wildman–Crippen LogP) is 3.65. The van der Waals surface area contributed by atoms with E-state index in [4.69, 9.17) is 0 Å². The molecule has 0 atom stereocenters. The quantitative estimate of drug-likeness (QED) is 0.883. The van der Waals surface area contributed by atoms with Crippen LogP contribution in [0, 0.1) is 6.92 Å². The highest BCUT2D eigenvalue weighted by Crippen LogP contribution is 2.30. The van der Waals surface area contributed by atoms with Crippen molar-refractivity contribution in [1.29, 1.82) is 0 Å². The molecule has 1 aliphatic rings. The predicted molar refractivity (Wildman–Crippen MR) is 78.7 cm³/mol. The molecule has 0 unspecified atom stereocenters. The molecule has 0 amide bonds. The summed E-state index contributed by atoms with van der Waals surface area (Å²) < 4.78 is 0. The summed E-state index contributed by atoms with van der Waals surface area (Å²) in [5.41, 5.74) is 5.07. The third-order valence-electron chi connectivity index (χ3n) is 3.80. The lowest BCUT2D eigenvalue weighted by atomic mass is 9.99. The molecule has 19 heavy (non-hydrogen) atoms. The molecule has 0 aliphatic carbocycles. The molecule has 1 N–H and O–H groups in total. The second kappa shape index (κ2) is 4.96. The maximum Gasteiger partial charge on any atom is 0.120 e. The SMILES string of the molecule is Cc1ccc2c(c1)CCCN2Cc1ccccc1O. The van der Waals surface area contributed by atoms with Gasteiger partial charge in [0.05, 0.1) is 0 Å². The summed E-state index contributed by atoms with van der Waals surface area (Å²) >= 11 is 0. The van der Waals surface area contributed by atoms with E-state index in [1.54, 1.807) is 6.07 Å². The first-order chi connectivity index (χ1) is 9.24. The minimum atomic E-state index is 0.390. The average molecular weight is 253 g/mol. The van der Waals surface area contributed by atoms with Gasteiger partial charge in [-0.25, -0.2) is 0 Å².